The van der Waals surface area contributed by atoms with E-state index in [1.807, 2.05) is 11.4 Å². The van der Waals surface area contributed by atoms with Crippen molar-refractivity contribution in [3.8, 4) is 0 Å². The quantitative estimate of drug-likeness (QED) is 0.710. The summed E-state index contributed by atoms with van der Waals surface area (Å²) < 4.78 is 27.2. The predicted molar refractivity (Wildman–Crippen MR) is 67.9 cm³/mol. The third kappa shape index (κ3) is 2.84. The molecule has 0 unspecified atom stereocenters. The molecule has 84 valence electrons. The smallest absolute Gasteiger partial charge is 0.136 e. The zero-order valence-electron chi connectivity index (χ0n) is 8.04. The van der Waals surface area contributed by atoms with Crippen LogP contribution in [0, 0.1) is 11.6 Å². The molecule has 1 aromatic carbocycles. The molecule has 0 spiro atoms. The molecule has 5 heteroatoms. The van der Waals surface area contributed by atoms with E-state index in [0.717, 1.165) is 21.5 Å². The van der Waals surface area contributed by atoms with E-state index < -0.39 is 5.82 Å². The van der Waals surface area contributed by atoms with E-state index in [9.17, 15) is 8.78 Å². The third-order valence-corrected chi connectivity index (χ3v) is 5.11. The van der Waals surface area contributed by atoms with Crippen molar-refractivity contribution >= 4 is 39.0 Å². The molecule has 0 fully saturated rings. The van der Waals surface area contributed by atoms with Crippen molar-refractivity contribution in [2.75, 3.05) is 0 Å². The topological polar surface area (TPSA) is 0 Å². The molecule has 0 atom stereocenters. The molecule has 0 aliphatic heterocycles. The Labute approximate surface area is 109 Å². The number of hydrogen-bond acceptors (Lipinski definition) is 2. The van der Waals surface area contributed by atoms with Gasteiger partial charge in [0.15, 0.2) is 0 Å². The first-order valence-electron chi connectivity index (χ1n) is 4.46. The highest BCUT2D eigenvalue weighted by molar-refractivity contribution is 9.10. The van der Waals surface area contributed by atoms with Crippen molar-refractivity contribution < 1.29 is 8.78 Å². The lowest BCUT2D eigenvalue weighted by molar-refractivity contribution is 0.577. The van der Waals surface area contributed by atoms with Gasteiger partial charge in [-0.2, -0.15) is 0 Å². The summed E-state index contributed by atoms with van der Waals surface area (Å²) in [5.74, 6) is -0.147. The Morgan fingerprint density at radius 1 is 1.25 bits per heavy atom. The minimum atomic E-state index is -0.408. The molecule has 0 aliphatic rings. The fourth-order valence-electron chi connectivity index (χ4n) is 1.16. The van der Waals surface area contributed by atoms with Gasteiger partial charge in [-0.25, -0.2) is 8.78 Å². The first-order chi connectivity index (χ1) is 7.66. The first-order valence-corrected chi connectivity index (χ1v) is 7.12. The Kier molecular flexibility index (Phi) is 4.00. The van der Waals surface area contributed by atoms with Gasteiger partial charge < -0.3 is 0 Å². The lowest BCUT2D eigenvalue weighted by Crippen LogP contribution is -1.84. The molecule has 0 nitrogen and oxygen atoms in total. The lowest BCUT2D eigenvalue weighted by Gasteiger charge is -2.02. The zero-order valence-corrected chi connectivity index (χ0v) is 11.3. The van der Waals surface area contributed by atoms with Crippen LogP contribution in [-0.4, -0.2) is 0 Å². The van der Waals surface area contributed by atoms with Crippen LogP contribution in [0.25, 0.3) is 0 Å². The maximum atomic E-state index is 13.3. The van der Waals surface area contributed by atoms with Crippen molar-refractivity contribution in [1.82, 2.24) is 0 Å². The highest BCUT2D eigenvalue weighted by atomic mass is 79.9. The number of rotatable bonds is 3. The molecule has 0 amide bonds. The second-order valence-electron chi connectivity index (χ2n) is 3.06. The number of thiophene rings is 1. The Balaban J connectivity index is 2.10. The van der Waals surface area contributed by atoms with Crippen LogP contribution in [0.5, 0.6) is 0 Å². The van der Waals surface area contributed by atoms with Crippen LogP contribution in [0.4, 0.5) is 8.78 Å². The van der Waals surface area contributed by atoms with Crippen molar-refractivity contribution in [3.63, 3.8) is 0 Å². The van der Waals surface area contributed by atoms with Crippen LogP contribution >= 0.6 is 39.0 Å². The standard InChI is InChI=1S/C11H7BrF2S2/c12-8-3-4-15-11(8)6-16-10-5-7(13)1-2-9(10)14/h1-5H,6H2. The van der Waals surface area contributed by atoms with Gasteiger partial charge in [0.25, 0.3) is 0 Å². The molecule has 0 bridgehead atoms. The summed E-state index contributed by atoms with van der Waals surface area (Å²) in [6.07, 6.45) is 0. The summed E-state index contributed by atoms with van der Waals surface area (Å²) in [6.45, 7) is 0. The van der Waals surface area contributed by atoms with E-state index >= 15 is 0 Å². The molecule has 0 N–H and O–H groups in total. The minimum absolute atomic E-state index is 0.348. The van der Waals surface area contributed by atoms with Gasteiger partial charge in [-0.05, 0) is 45.6 Å². The molecule has 2 aromatic rings. The highest BCUT2D eigenvalue weighted by Gasteiger charge is 2.07. The molecule has 0 aliphatic carbocycles. The van der Waals surface area contributed by atoms with Gasteiger partial charge >= 0.3 is 0 Å². The second kappa shape index (κ2) is 5.29. The van der Waals surface area contributed by atoms with Gasteiger partial charge in [-0.1, -0.05) is 0 Å². The van der Waals surface area contributed by atoms with Gasteiger partial charge in [0.05, 0.1) is 0 Å². The molecule has 0 radical (unpaired) electrons. The van der Waals surface area contributed by atoms with E-state index in [1.54, 1.807) is 11.3 Å². The molecule has 0 saturated heterocycles. The van der Waals surface area contributed by atoms with Gasteiger partial charge in [-0.15, -0.1) is 23.1 Å². The molecule has 0 saturated carbocycles. The largest absolute Gasteiger partial charge is 0.207 e. The van der Waals surface area contributed by atoms with Crippen molar-refractivity contribution in [2.24, 2.45) is 0 Å². The van der Waals surface area contributed by atoms with Crippen LogP contribution in [0.1, 0.15) is 4.88 Å². The molecular formula is C11H7BrF2S2. The molecule has 1 heterocycles. The van der Waals surface area contributed by atoms with Gasteiger partial charge in [0, 0.05) is 20.0 Å². The molecule has 2 rings (SSSR count). The van der Waals surface area contributed by atoms with Crippen LogP contribution < -0.4 is 0 Å². The second-order valence-corrected chi connectivity index (χ2v) is 5.93. The number of thioether (sulfide) groups is 1. The van der Waals surface area contributed by atoms with Crippen LogP contribution in [0.2, 0.25) is 0 Å². The number of hydrogen-bond donors (Lipinski definition) is 0. The van der Waals surface area contributed by atoms with E-state index in [2.05, 4.69) is 15.9 Å². The average molecular weight is 321 g/mol. The number of halogens is 3. The molecule has 1 aromatic heterocycles. The van der Waals surface area contributed by atoms with Gasteiger partial charge in [-0.3, -0.25) is 0 Å². The van der Waals surface area contributed by atoms with Crippen molar-refractivity contribution in [2.45, 2.75) is 10.6 Å². The van der Waals surface area contributed by atoms with Gasteiger partial charge in [0.1, 0.15) is 11.6 Å². The zero-order chi connectivity index (χ0) is 11.5. The SMILES string of the molecule is Fc1ccc(F)c(SCc2sccc2Br)c1. The monoisotopic (exact) mass is 320 g/mol. The summed E-state index contributed by atoms with van der Waals surface area (Å²) >= 11 is 6.30. The van der Waals surface area contributed by atoms with E-state index in [-0.39, 0.29) is 5.82 Å². The normalized spacial score (nSPS) is 10.7. The van der Waals surface area contributed by atoms with Crippen LogP contribution in [-0.2, 0) is 5.75 Å². The van der Waals surface area contributed by atoms with E-state index in [1.165, 1.54) is 17.8 Å². The maximum absolute atomic E-state index is 13.3. The first kappa shape index (κ1) is 12.1. The minimum Gasteiger partial charge on any atom is -0.207 e. The lowest BCUT2D eigenvalue weighted by atomic mass is 10.3. The molecule has 16 heavy (non-hydrogen) atoms. The van der Waals surface area contributed by atoms with Crippen LogP contribution in [0.15, 0.2) is 39.0 Å². The summed E-state index contributed by atoms with van der Waals surface area (Å²) in [7, 11) is 0. The van der Waals surface area contributed by atoms with E-state index in [4.69, 9.17) is 0 Å². The van der Waals surface area contributed by atoms with Crippen molar-refractivity contribution in [3.05, 3.63) is 50.6 Å². The maximum Gasteiger partial charge on any atom is 0.136 e. The fourth-order valence-corrected chi connectivity index (χ4v) is 3.91. The Hall–Kier alpha value is -0.390. The summed E-state index contributed by atoms with van der Waals surface area (Å²) in [6, 6.07) is 5.45. The van der Waals surface area contributed by atoms with Gasteiger partial charge in [0.2, 0.25) is 0 Å². The summed E-state index contributed by atoms with van der Waals surface area (Å²) in [5, 5.41) is 1.96. The fraction of sp³-hybridized carbons (Fsp3) is 0.0909. The average Bonchev–Trinajstić information content (AvgIpc) is 2.66. The predicted octanol–water partition coefficient (Wildman–Crippen LogP) is 5.08. The van der Waals surface area contributed by atoms with Crippen LogP contribution in [0.3, 0.4) is 0 Å². The van der Waals surface area contributed by atoms with E-state index in [0.29, 0.717) is 10.6 Å². The summed E-state index contributed by atoms with van der Waals surface area (Å²) in [5.41, 5.74) is 0. The Morgan fingerprint density at radius 2 is 2.06 bits per heavy atom. The number of benzene rings is 1. The highest BCUT2D eigenvalue weighted by Crippen LogP contribution is 2.31. The third-order valence-electron chi connectivity index (χ3n) is 1.94. The summed E-state index contributed by atoms with van der Waals surface area (Å²) in [4.78, 5) is 1.47. The van der Waals surface area contributed by atoms with Crippen molar-refractivity contribution in [1.29, 1.82) is 0 Å². The Morgan fingerprint density at radius 3 is 2.75 bits per heavy atom. The molecular weight excluding hydrogens is 314 g/mol. The Bertz CT molecular complexity index is 496.